The molecule has 0 radical (unpaired) electrons. The maximum Gasteiger partial charge on any atom is 0.233 e. The van der Waals surface area contributed by atoms with Crippen molar-refractivity contribution in [3.8, 4) is 11.3 Å². The van der Waals surface area contributed by atoms with Crippen molar-refractivity contribution in [1.29, 1.82) is 0 Å². The van der Waals surface area contributed by atoms with Crippen molar-refractivity contribution in [1.82, 2.24) is 0 Å². The van der Waals surface area contributed by atoms with Crippen LogP contribution in [-0.2, 0) is 15.5 Å². The van der Waals surface area contributed by atoms with Crippen molar-refractivity contribution >= 4 is 19.7 Å². The van der Waals surface area contributed by atoms with E-state index in [-0.39, 0.29) is 18.0 Å². The number of hydrogen-bond acceptors (Lipinski definition) is 3. The van der Waals surface area contributed by atoms with Crippen molar-refractivity contribution < 1.29 is 17.2 Å². The maximum absolute atomic E-state index is 12.7. The zero-order valence-corrected chi connectivity index (χ0v) is 10.8. The summed E-state index contributed by atoms with van der Waals surface area (Å²) in [5.74, 6) is 0.597. The van der Waals surface area contributed by atoms with Crippen molar-refractivity contribution in [2.24, 2.45) is 0 Å². The summed E-state index contributed by atoms with van der Waals surface area (Å²) in [5, 5.41) is 0. The molecule has 0 spiro atoms. The average Bonchev–Trinajstić information content (AvgIpc) is 2.75. The molecule has 3 nitrogen and oxygen atoms in total. The Hall–Kier alpha value is -1.33. The number of furan rings is 1. The molecule has 2 aromatic rings. The second kappa shape index (κ2) is 5.12. The first-order valence-corrected chi connectivity index (χ1v) is 7.69. The minimum absolute atomic E-state index is 0.176. The zero-order valence-electron chi connectivity index (χ0n) is 9.27. The third-order valence-electron chi connectivity index (χ3n) is 2.38. The van der Waals surface area contributed by atoms with Gasteiger partial charge in [0.2, 0.25) is 9.05 Å². The summed E-state index contributed by atoms with van der Waals surface area (Å²) >= 11 is 0. The first kappa shape index (κ1) is 13.1. The van der Waals surface area contributed by atoms with Gasteiger partial charge < -0.3 is 4.42 Å². The molecule has 0 aliphatic rings. The van der Waals surface area contributed by atoms with Crippen LogP contribution in [0.2, 0.25) is 0 Å². The van der Waals surface area contributed by atoms with Crippen LogP contribution in [0.4, 0.5) is 4.39 Å². The lowest BCUT2D eigenvalue weighted by Gasteiger charge is -1.97. The first-order chi connectivity index (χ1) is 8.44. The third kappa shape index (κ3) is 3.58. The first-order valence-electron chi connectivity index (χ1n) is 5.21. The van der Waals surface area contributed by atoms with Gasteiger partial charge in [0.15, 0.2) is 0 Å². The molecule has 0 saturated carbocycles. The predicted molar refractivity (Wildman–Crippen MR) is 67.4 cm³/mol. The van der Waals surface area contributed by atoms with E-state index < -0.39 is 9.05 Å². The van der Waals surface area contributed by atoms with E-state index in [4.69, 9.17) is 15.1 Å². The lowest BCUT2D eigenvalue weighted by molar-refractivity contribution is 0.527. The van der Waals surface area contributed by atoms with E-state index in [0.717, 1.165) is 5.56 Å². The van der Waals surface area contributed by atoms with Crippen LogP contribution < -0.4 is 0 Å². The van der Waals surface area contributed by atoms with Crippen LogP contribution >= 0.6 is 10.7 Å². The molecular weight excluding hydrogens is 279 g/mol. The zero-order chi connectivity index (χ0) is 13.2. The maximum atomic E-state index is 12.7. The highest BCUT2D eigenvalue weighted by Gasteiger charge is 2.09. The van der Waals surface area contributed by atoms with Gasteiger partial charge in [0.05, 0.1) is 5.75 Å². The Morgan fingerprint density at radius 2 is 1.78 bits per heavy atom. The van der Waals surface area contributed by atoms with Gasteiger partial charge in [-0.15, -0.1) is 0 Å². The molecule has 0 N–H and O–H groups in total. The molecule has 0 amide bonds. The van der Waals surface area contributed by atoms with Gasteiger partial charge in [-0.3, -0.25) is 0 Å². The van der Waals surface area contributed by atoms with Crippen molar-refractivity contribution in [3.63, 3.8) is 0 Å². The van der Waals surface area contributed by atoms with E-state index in [2.05, 4.69) is 0 Å². The second-order valence-electron chi connectivity index (χ2n) is 3.77. The molecule has 6 heteroatoms. The van der Waals surface area contributed by atoms with Gasteiger partial charge in [-0.1, -0.05) is 0 Å². The van der Waals surface area contributed by atoms with Gasteiger partial charge in [0, 0.05) is 22.7 Å². The van der Waals surface area contributed by atoms with Crippen LogP contribution in [0, 0.1) is 5.82 Å². The lowest BCUT2D eigenvalue weighted by atomic mass is 10.2. The van der Waals surface area contributed by atoms with Crippen LogP contribution in [0.1, 0.15) is 5.76 Å². The fourth-order valence-electron chi connectivity index (χ4n) is 1.50. The number of benzene rings is 1. The van der Waals surface area contributed by atoms with E-state index >= 15 is 0 Å². The number of rotatable bonds is 4. The molecule has 0 fully saturated rings. The third-order valence-corrected chi connectivity index (χ3v) is 3.54. The van der Waals surface area contributed by atoms with Gasteiger partial charge in [0.25, 0.3) is 0 Å². The Kier molecular flexibility index (Phi) is 3.73. The van der Waals surface area contributed by atoms with Gasteiger partial charge in [-0.05, 0) is 36.4 Å². The highest BCUT2D eigenvalue weighted by Crippen LogP contribution is 2.22. The summed E-state index contributed by atoms with van der Waals surface area (Å²) in [6, 6.07) is 9.25. The van der Waals surface area contributed by atoms with Gasteiger partial charge in [-0.2, -0.15) is 0 Å². The van der Waals surface area contributed by atoms with Gasteiger partial charge >= 0.3 is 0 Å². The van der Waals surface area contributed by atoms with Gasteiger partial charge in [0.1, 0.15) is 17.3 Å². The lowest BCUT2D eigenvalue weighted by Crippen LogP contribution is -1.99. The molecule has 1 aromatic heterocycles. The summed E-state index contributed by atoms with van der Waals surface area (Å²) in [6.45, 7) is 0. The number of hydrogen-bond donors (Lipinski definition) is 0. The second-order valence-corrected chi connectivity index (χ2v) is 6.66. The molecule has 2 rings (SSSR count). The van der Waals surface area contributed by atoms with E-state index in [1.165, 1.54) is 12.1 Å². The molecule has 0 aliphatic heterocycles. The molecule has 1 heterocycles. The molecule has 0 saturated heterocycles. The van der Waals surface area contributed by atoms with E-state index in [0.29, 0.717) is 11.5 Å². The molecule has 0 aliphatic carbocycles. The Labute approximate surface area is 109 Å². The highest BCUT2D eigenvalue weighted by atomic mass is 35.7. The standard InChI is InChI=1S/C12H10ClFO3S/c13-18(15,16)8-7-11-5-6-12(17-11)9-1-3-10(14)4-2-9/h1-6H,7-8H2. The molecule has 1 aromatic carbocycles. The minimum atomic E-state index is -3.52. The van der Waals surface area contributed by atoms with Crippen molar-refractivity contribution in [2.75, 3.05) is 5.75 Å². The van der Waals surface area contributed by atoms with Crippen LogP contribution in [-0.4, -0.2) is 14.2 Å². The van der Waals surface area contributed by atoms with E-state index in [1.807, 2.05) is 0 Å². The quantitative estimate of drug-likeness (QED) is 0.812. The van der Waals surface area contributed by atoms with E-state index in [1.54, 1.807) is 24.3 Å². The topological polar surface area (TPSA) is 47.3 Å². The molecule has 0 bridgehead atoms. The molecular formula is C12H10ClFO3S. The van der Waals surface area contributed by atoms with Crippen LogP contribution in [0.3, 0.4) is 0 Å². The summed E-state index contributed by atoms with van der Waals surface area (Å²) in [4.78, 5) is 0. The van der Waals surface area contributed by atoms with Crippen LogP contribution in [0.15, 0.2) is 40.8 Å². The summed E-state index contributed by atoms with van der Waals surface area (Å²) in [6.07, 6.45) is 0.215. The predicted octanol–water partition coefficient (Wildman–Crippen LogP) is 3.20. The summed E-state index contributed by atoms with van der Waals surface area (Å²) < 4.78 is 39.8. The number of halogens is 2. The Balaban J connectivity index is 2.13. The van der Waals surface area contributed by atoms with Crippen molar-refractivity contribution in [3.05, 3.63) is 48.0 Å². The molecule has 0 unspecified atom stereocenters. The minimum Gasteiger partial charge on any atom is -0.461 e. The highest BCUT2D eigenvalue weighted by molar-refractivity contribution is 8.13. The molecule has 18 heavy (non-hydrogen) atoms. The Morgan fingerprint density at radius 1 is 1.11 bits per heavy atom. The van der Waals surface area contributed by atoms with Crippen LogP contribution in [0.5, 0.6) is 0 Å². The fourth-order valence-corrected chi connectivity index (χ4v) is 2.18. The normalized spacial score (nSPS) is 11.7. The van der Waals surface area contributed by atoms with Crippen molar-refractivity contribution in [2.45, 2.75) is 6.42 Å². The summed E-state index contributed by atoms with van der Waals surface area (Å²) in [5.41, 5.74) is 0.733. The smallest absolute Gasteiger partial charge is 0.233 e. The largest absolute Gasteiger partial charge is 0.461 e. The monoisotopic (exact) mass is 288 g/mol. The van der Waals surface area contributed by atoms with Crippen LogP contribution in [0.25, 0.3) is 11.3 Å². The molecule has 96 valence electrons. The SMILES string of the molecule is O=S(=O)(Cl)CCc1ccc(-c2ccc(F)cc2)o1. The molecule has 0 atom stereocenters. The Bertz CT molecular complexity index is 632. The Morgan fingerprint density at radius 3 is 2.39 bits per heavy atom. The average molecular weight is 289 g/mol. The fraction of sp³-hybridized carbons (Fsp3) is 0.167. The van der Waals surface area contributed by atoms with E-state index in [9.17, 15) is 12.8 Å². The van der Waals surface area contributed by atoms with Gasteiger partial charge in [-0.25, -0.2) is 12.8 Å². The number of aryl methyl sites for hydroxylation is 1. The summed E-state index contributed by atoms with van der Waals surface area (Å²) in [7, 11) is 1.59.